The van der Waals surface area contributed by atoms with Crippen molar-refractivity contribution in [3.63, 3.8) is 0 Å². The summed E-state index contributed by atoms with van der Waals surface area (Å²) in [6.45, 7) is 0. The molecule has 2 rings (SSSR count). The van der Waals surface area contributed by atoms with Crippen LogP contribution in [0.5, 0.6) is 17.2 Å². The molecule has 28 heavy (non-hydrogen) atoms. The van der Waals surface area contributed by atoms with Gasteiger partial charge < -0.3 is 24.4 Å². The van der Waals surface area contributed by atoms with Gasteiger partial charge in [-0.2, -0.15) is 0 Å². The summed E-state index contributed by atoms with van der Waals surface area (Å²) < 4.78 is 15.8. The van der Waals surface area contributed by atoms with Crippen LogP contribution < -0.4 is 19.5 Å². The molecule has 0 radical (unpaired) electrons. The van der Waals surface area contributed by atoms with E-state index in [1.165, 1.54) is 18.1 Å². The molecule has 7 heteroatoms. The van der Waals surface area contributed by atoms with Crippen LogP contribution in [0.25, 0.3) is 6.08 Å². The van der Waals surface area contributed by atoms with Gasteiger partial charge in [-0.3, -0.25) is 9.59 Å². The number of amides is 2. The second kappa shape index (κ2) is 9.45. The molecule has 2 aromatic carbocycles. The molecule has 0 unspecified atom stereocenters. The van der Waals surface area contributed by atoms with Gasteiger partial charge in [-0.05, 0) is 42.5 Å². The van der Waals surface area contributed by atoms with Crippen molar-refractivity contribution < 1.29 is 23.8 Å². The van der Waals surface area contributed by atoms with E-state index in [4.69, 9.17) is 14.2 Å². The summed E-state index contributed by atoms with van der Waals surface area (Å²) in [5.41, 5.74) is 1.54. The third-order valence-corrected chi connectivity index (χ3v) is 3.96. The number of nitrogens with zero attached hydrogens (tertiary/aromatic N) is 1. The average molecular weight is 384 g/mol. The van der Waals surface area contributed by atoms with Gasteiger partial charge in [-0.25, -0.2) is 0 Å². The van der Waals surface area contributed by atoms with Crippen LogP contribution in [0.4, 0.5) is 5.69 Å². The van der Waals surface area contributed by atoms with Gasteiger partial charge in [0, 0.05) is 31.3 Å². The Kier molecular flexibility index (Phi) is 7.03. The number of nitrogens with one attached hydrogen (secondary N) is 1. The zero-order valence-electron chi connectivity index (χ0n) is 16.6. The minimum atomic E-state index is -0.377. The Balaban J connectivity index is 2.24. The third kappa shape index (κ3) is 5.03. The Morgan fingerprint density at radius 3 is 2.21 bits per heavy atom. The molecule has 0 aliphatic carbocycles. The summed E-state index contributed by atoms with van der Waals surface area (Å²) in [6.07, 6.45) is 3.00. The molecule has 0 saturated carbocycles. The van der Waals surface area contributed by atoms with Crippen molar-refractivity contribution in [1.82, 2.24) is 4.90 Å². The summed E-state index contributed by atoms with van der Waals surface area (Å²) in [5.74, 6) is 1.17. The molecule has 7 nitrogen and oxygen atoms in total. The lowest BCUT2D eigenvalue weighted by Gasteiger charge is -2.14. The van der Waals surface area contributed by atoms with Gasteiger partial charge in [0.15, 0.2) is 0 Å². The molecule has 1 N–H and O–H groups in total. The van der Waals surface area contributed by atoms with E-state index in [1.807, 2.05) is 0 Å². The SMILES string of the molecule is COc1ccc(OC)c(C=CC(=O)Nc2cc(C(=O)N(C)C)ccc2OC)c1. The first kappa shape index (κ1) is 20.8. The molecule has 0 spiro atoms. The molecule has 0 fully saturated rings. The normalized spacial score (nSPS) is 10.5. The number of hydrogen-bond donors (Lipinski definition) is 1. The summed E-state index contributed by atoms with van der Waals surface area (Å²) in [6, 6.07) is 10.2. The Labute approximate surface area is 164 Å². The number of carbonyl (C=O) groups excluding carboxylic acids is 2. The fourth-order valence-corrected chi connectivity index (χ4v) is 2.51. The fourth-order valence-electron chi connectivity index (χ4n) is 2.51. The van der Waals surface area contributed by atoms with E-state index in [9.17, 15) is 9.59 Å². The maximum absolute atomic E-state index is 12.4. The number of benzene rings is 2. The number of anilines is 1. The summed E-state index contributed by atoms with van der Waals surface area (Å²) >= 11 is 0. The summed E-state index contributed by atoms with van der Waals surface area (Å²) in [7, 11) is 7.94. The lowest BCUT2D eigenvalue weighted by atomic mass is 10.1. The van der Waals surface area contributed by atoms with E-state index in [0.29, 0.717) is 34.1 Å². The van der Waals surface area contributed by atoms with Crippen LogP contribution in [-0.4, -0.2) is 52.1 Å². The van der Waals surface area contributed by atoms with Gasteiger partial charge >= 0.3 is 0 Å². The van der Waals surface area contributed by atoms with E-state index in [1.54, 1.807) is 70.8 Å². The molecule has 0 bridgehead atoms. The molecule has 148 valence electrons. The van der Waals surface area contributed by atoms with Crippen molar-refractivity contribution >= 4 is 23.6 Å². The Bertz CT molecular complexity index is 890. The second-order valence-electron chi connectivity index (χ2n) is 6.05. The molecule has 0 aromatic heterocycles. The molecular weight excluding hydrogens is 360 g/mol. The van der Waals surface area contributed by atoms with Gasteiger partial charge in [0.25, 0.3) is 5.91 Å². The number of methoxy groups -OCH3 is 3. The maximum atomic E-state index is 12.4. The van der Waals surface area contributed by atoms with Gasteiger partial charge in [0.1, 0.15) is 17.2 Å². The van der Waals surface area contributed by atoms with Gasteiger partial charge in [-0.1, -0.05) is 0 Å². The first-order chi connectivity index (χ1) is 13.4. The standard InChI is InChI=1S/C21H24N2O5/c1-23(2)21(25)15-6-9-19(28-5)17(13-15)22-20(24)11-7-14-12-16(26-3)8-10-18(14)27-4/h6-13H,1-5H3,(H,22,24). The zero-order valence-corrected chi connectivity index (χ0v) is 16.6. The number of rotatable bonds is 7. The predicted octanol–water partition coefficient (Wildman–Crippen LogP) is 3.07. The van der Waals surface area contributed by atoms with Crippen LogP contribution in [0.3, 0.4) is 0 Å². The van der Waals surface area contributed by atoms with Gasteiger partial charge in [-0.15, -0.1) is 0 Å². The second-order valence-corrected chi connectivity index (χ2v) is 6.05. The zero-order chi connectivity index (χ0) is 20.7. The smallest absolute Gasteiger partial charge is 0.253 e. The Morgan fingerprint density at radius 1 is 0.929 bits per heavy atom. The predicted molar refractivity (Wildman–Crippen MR) is 108 cm³/mol. The lowest BCUT2D eigenvalue weighted by molar-refractivity contribution is -0.111. The highest BCUT2D eigenvalue weighted by Crippen LogP contribution is 2.27. The largest absolute Gasteiger partial charge is 0.497 e. The molecule has 0 atom stereocenters. The van der Waals surface area contributed by atoms with E-state index in [-0.39, 0.29) is 11.8 Å². The van der Waals surface area contributed by atoms with Gasteiger partial charge in [0.2, 0.25) is 5.91 Å². The lowest BCUT2D eigenvalue weighted by Crippen LogP contribution is -2.22. The molecular formula is C21H24N2O5. The van der Waals surface area contributed by atoms with Crippen molar-refractivity contribution in [3.05, 3.63) is 53.6 Å². The van der Waals surface area contributed by atoms with E-state index < -0.39 is 0 Å². The van der Waals surface area contributed by atoms with Crippen molar-refractivity contribution in [1.29, 1.82) is 0 Å². The van der Waals surface area contributed by atoms with Crippen LogP contribution in [0.1, 0.15) is 15.9 Å². The number of ether oxygens (including phenoxy) is 3. The highest BCUT2D eigenvalue weighted by Gasteiger charge is 2.13. The van der Waals surface area contributed by atoms with Crippen LogP contribution in [0, 0.1) is 0 Å². The van der Waals surface area contributed by atoms with Crippen LogP contribution in [-0.2, 0) is 4.79 Å². The molecule has 0 heterocycles. The van der Waals surface area contributed by atoms with Crippen LogP contribution >= 0.6 is 0 Å². The Morgan fingerprint density at radius 2 is 1.61 bits per heavy atom. The summed E-state index contributed by atoms with van der Waals surface area (Å²) in [5, 5.41) is 2.74. The molecule has 2 amide bonds. The molecule has 0 saturated heterocycles. The molecule has 0 aliphatic rings. The van der Waals surface area contributed by atoms with Crippen LogP contribution in [0.15, 0.2) is 42.5 Å². The van der Waals surface area contributed by atoms with E-state index >= 15 is 0 Å². The summed E-state index contributed by atoms with van der Waals surface area (Å²) in [4.78, 5) is 26.0. The first-order valence-electron chi connectivity index (χ1n) is 8.50. The highest BCUT2D eigenvalue weighted by atomic mass is 16.5. The Hall–Kier alpha value is -3.48. The van der Waals surface area contributed by atoms with E-state index in [2.05, 4.69) is 5.32 Å². The van der Waals surface area contributed by atoms with Crippen molar-refractivity contribution in [2.24, 2.45) is 0 Å². The van der Waals surface area contributed by atoms with Crippen molar-refractivity contribution in [2.45, 2.75) is 0 Å². The maximum Gasteiger partial charge on any atom is 0.253 e. The number of carbonyl (C=O) groups is 2. The number of hydrogen-bond acceptors (Lipinski definition) is 5. The minimum Gasteiger partial charge on any atom is -0.497 e. The third-order valence-electron chi connectivity index (χ3n) is 3.96. The van der Waals surface area contributed by atoms with E-state index in [0.717, 1.165) is 0 Å². The van der Waals surface area contributed by atoms with Crippen molar-refractivity contribution in [2.75, 3.05) is 40.7 Å². The quantitative estimate of drug-likeness (QED) is 0.743. The minimum absolute atomic E-state index is 0.171. The monoisotopic (exact) mass is 384 g/mol. The highest BCUT2D eigenvalue weighted by molar-refractivity contribution is 6.04. The topological polar surface area (TPSA) is 77.1 Å². The molecule has 2 aromatic rings. The van der Waals surface area contributed by atoms with Crippen LogP contribution in [0.2, 0.25) is 0 Å². The van der Waals surface area contributed by atoms with Gasteiger partial charge in [0.05, 0.1) is 27.0 Å². The first-order valence-corrected chi connectivity index (χ1v) is 8.50. The molecule has 0 aliphatic heterocycles. The average Bonchev–Trinajstić information content (AvgIpc) is 2.71. The fraction of sp³-hybridized carbons (Fsp3) is 0.238. The van der Waals surface area contributed by atoms with Crippen molar-refractivity contribution in [3.8, 4) is 17.2 Å².